The van der Waals surface area contributed by atoms with Crippen LogP contribution in [0.1, 0.15) is 19.8 Å². The molecule has 0 aromatic carbocycles. The van der Waals surface area contributed by atoms with Gasteiger partial charge in [0.1, 0.15) is 0 Å². The lowest BCUT2D eigenvalue weighted by molar-refractivity contribution is -0.121. The maximum atomic E-state index is 10.9. The van der Waals surface area contributed by atoms with E-state index in [4.69, 9.17) is 0 Å². The predicted molar refractivity (Wildman–Crippen MR) is 84.2 cm³/mol. The zero-order valence-corrected chi connectivity index (χ0v) is 13.6. The summed E-state index contributed by atoms with van der Waals surface area (Å²) < 4.78 is 0. The van der Waals surface area contributed by atoms with Gasteiger partial charge >= 0.3 is 0 Å². The molecule has 21 heavy (non-hydrogen) atoms. The number of hydrogen-bond acceptors (Lipinski definition) is 4. The van der Waals surface area contributed by atoms with Crippen molar-refractivity contribution in [3.63, 3.8) is 0 Å². The summed E-state index contributed by atoms with van der Waals surface area (Å²) >= 11 is 0. The molecule has 0 atom stereocenters. The van der Waals surface area contributed by atoms with Gasteiger partial charge in [-0.15, -0.1) is 0 Å². The minimum Gasteiger partial charge on any atom is -0.356 e. The number of likely N-dealkylation sites (tertiary alicyclic amines) is 1. The number of rotatable bonds is 5. The smallest absolute Gasteiger partial charge is 0.216 e. The molecule has 0 aromatic heterocycles. The van der Waals surface area contributed by atoms with Crippen LogP contribution in [-0.2, 0) is 4.79 Å². The van der Waals surface area contributed by atoms with Crippen molar-refractivity contribution in [3.8, 4) is 0 Å². The Kier molecular flexibility index (Phi) is 4.52. The first-order valence-electron chi connectivity index (χ1n) is 8.42. The van der Waals surface area contributed by atoms with Gasteiger partial charge in [0.25, 0.3) is 0 Å². The Morgan fingerprint density at radius 3 is 2.33 bits per heavy atom. The Labute approximate surface area is 128 Å². The summed E-state index contributed by atoms with van der Waals surface area (Å²) in [6, 6.07) is 0. The molecule has 3 rings (SSSR count). The van der Waals surface area contributed by atoms with Crippen LogP contribution in [0.15, 0.2) is 0 Å². The van der Waals surface area contributed by atoms with Crippen LogP contribution in [0, 0.1) is 11.3 Å². The zero-order chi connectivity index (χ0) is 14.9. The molecule has 1 amide bonds. The number of nitrogens with one attached hydrogen (secondary N) is 1. The maximum absolute atomic E-state index is 10.9. The molecule has 1 aliphatic carbocycles. The van der Waals surface area contributed by atoms with E-state index in [-0.39, 0.29) is 5.91 Å². The van der Waals surface area contributed by atoms with Crippen molar-refractivity contribution in [3.05, 3.63) is 0 Å². The maximum Gasteiger partial charge on any atom is 0.216 e. The van der Waals surface area contributed by atoms with Gasteiger partial charge in [0.2, 0.25) is 5.91 Å². The highest BCUT2D eigenvalue weighted by Gasteiger charge is 2.51. The van der Waals surface area contributed by atoms with Crippen LogP contribution in [0.3, 0.4) is 0 Å². The molecule has 2 aliphatic heterocycles. The van der Waals surface area contributed by atoms with Gasteiger partial charge in [-0.05, 0) is 31.2 Å². The van der Waals surface area contributed by atoms with Gasteiger partial charge in [-0.3, -0.25) is 9.69 Å². The molecular weight excluding hydrogens is 264 g/mol. The average Bonchev–Trinajstić information content (AvgIpc) is 2.36. The summed E-state index contributed by atoms with van der Waals surface area (Å²) in [6.45, 7) is 12.4. The fraction of sp³-hybridized carbons (Fsp3) is 0.938. The van der Waals surface area contributed by atoms with Gasteiger partial charge in [0.05, 0.1) is 0 Å². The molecule has 1 N–H and O–H groups in total. The first-order valence-corrected chi connectivity index (χ1v) is 8.42. The van der Waals surface area contributed by atoms with E-state index >= 15 is 0 Å². The molecule has 120 valence electrons. The molecule has 1 spiro atoms. The largest absolute Gasteiger partial charge is 0.356 e. The number of nitrogens with zero attached hydrogens (tertiary/aromatic N) is 3. The Balaban J connectivity index is 1.26. The third kappa shape index (κ3) is 3.76. The Hall–Kier alpha value is -0.650. The van der Waals surface area contributed by atoms with Crippen LogP contribution in [0.2, 0.25) is 0 Å². The van der Waals surface area contributed by atoms with E-state index in [0.717, 1.165) is 12.5 Å². The first kappa shape index (κ1) is 15.3. The summed E-state index contributed by atoms with van der Waals surface area (Å²) in [5.74, 6) is 0.840. The fourth-order valence-electron chi connectivity index (χ4n) is 4.27. The van der Waals surface area contributed by atoms with Crippen molar-refractivity contribution < 1.29 is 4.79 Å². The van der Waals surface area contributed by atoms with Crippen LogP contribution < -0.4 is 5.32 Å². The summed E-state index contributed by atoms with van der Waals surface area (Å²) in [7, 11) is 2.21. The summed E-state index contributed by atoms with van der Waals surface area (Å²) in [4.78, 5) is 18.5. The number of amides is 1. The van der Waals surface area contributed by atoms with Crippen LogP contribution in [0.4, 0.5) is 0 Å². The molecule has 5 heteroatoms. The van der Waals surface area contributed by atoms with Crippen molar-refractivity contribution in [1.29, 1.82) is 0 Å². The number of carbonyl (C=O) groups is 1. The minimum atomic E-state index is 0.110. The predicted octanol–water partition coefficient (Wildman–Crippen LogP) is 0.0819. The fourth-order valence-corrected chi connectivity index (χ4v) is 4.27. The minimum absolute atomic E-state index is 0.110. The Bertz CT molecular complexity index is 364. The molecule has 0 unspecified atom stereocenters. The number of hydrogen-bond donors (Lipinski definition) is 1. The average molecular weight is 294 g/mol. The molecule has 2 heterocycles. The van der Waals surface area contributed by atoms with Gasteiger partial charge in [0.15, 0.2) is 0 Å². The molecule has 0 aromatic rings. The van der Waals surface area contributed by atoms with E-state index in [9.17, 15) is 4.79 Å². The zero-order valence-electron chi connectivity index (χ0n) is 13.6. The molecule has 2 saturated heterocycles. The molecular formula is C16H30N4O. The highest BCUT2D eigenvalue weighted by atomic mass is 16.1. The molecule has 1 saturated carbocycles. The standard InChI is InChI=1S/C16H30N4O/c1-14(21)17-11-15-9-16(10-15)12-20(13-16)8-7-19-5-3-18(2)4-6-19/h15H,3-13H2,1-2H3,(H,17,21). The van der Waals surface area contributed by atoms with E-state index in [2.05, 4.69) is 27.1 Å². The second-order valence-electron chi connectivity index (χ2n) is 7.57. The van der Waals surface area contributed by atoms with Gasteiger partial charge in [-0.25, -0.2) is 0 Å². The lowest BCUT2D eigenvalue weighted by Gasteiger charge is -2.59. The van der Waals surface area contributed by atoms with E-state index in [0.29, 0.717) is 5.41 Å². The molecule has 0 radical (unpaired) electrons. The van der Waals surface area contributed by atoms with Gasteiger partial charge in [-0.1, -0.05) is 0 Å². The monoisotopic (exact) mass is 294 g/mol. The SMILES string of the molecule is CC(=O)NCC1CC2(C1)CN(CCN1CCN(C)CC1)C2. The van der Waals surface area contributed by atoms with Crippen molar-refractivity contribution in [2.24, 2.45) is 11.3 Å². The van der Waals surface area contributed by atoms with Gasteiger partial charge in [0, 0.05) is 65.8 Å². The highest BCUT2D eigenvalue weighted by molar-refractivity contribution is 5.72. The molecule has 0 bridgehead atoms. The van der Waals surface area contributed by atoms with E-state index < -0.39 is 0 Å². The number of carbonyl (C=O) groups excluding carboxylic acids is 1. The van der Waals surface area contributed by atoms with E-state index in [1.165, 1.54) is 65.2 Å². The second kappa shape index (κ2) is 6.23. The summed E-state index contributed by atoms with van der Waals surface area (Å²) in [6.07, 6.45) is 2.64. The number of likely N-dealkylation sites (N-methyl/N-ethyl adjacent to an activating group) is 1. The summed E-state index contributed by atoms with van der Waals surface area (Å²) in [5.41, 5.74) is 0.616. The Morgan fingerprint density at radius 1 is 1.10 bits per heavy atom. The van der Waals surface area contributed by atoms with Crippen molar-refractivity contribution in [1.82, 2.24) is 20.0 Å². The third-order valence-corrected chi connectivity index (χ3v) is 5.53. The van der Waals surface area contributed by atoms with Gasteiger partial charge < -0.3 is 15.1 Å². The molecule has 3 fully saturated rings. The lowest BCUT2D eigenvalue weighted by Crippen LogP contribution is -2.64. The van der Waals surface area contributed by atoms with Crippen LogP contribution in [0.5, 0.6) is 0 Å². The topological polar surface area (TPSA) is 38.8 Å². The quantitative estimate of drug-likeness (QED) is 0.779. The first-order chi connectivity index (χ1) is 10.0. The molecule has 5 nitrogen and oxygen atoms in total. The van der Waals surface area contributed by atoms with Crippen molar-refractivity contribution in [2.75, 3.05) is 66.0 Å². The van der Waals surface area contributed by atoms with E-state index in [1.807, 2.05) is 0 Å². The van der Waals surface area contributed by atoms with Crippen molar-refractivity contribution in [2.45, 2.75) is 19.8 Å². The molecule has 3 aliphatic rings. The van der Waals surface area contributed by atoms with Crippen LogP contribution in [0.25, 0.3) is 0 Å². The third-order valence-electron chi connectivity index (χ3n) is 5.53. The normalized spacial score (nSPS) is 27.3. The second-order valence-corrected chi connectivity index (χ2v) is 7.57. The summed E-state index contributed by atoms with van der Waals surface area (Å²) in [5, 5.41) is 2.95. The Morgan fingerprint density at radius 2 is 1.71 bits per heavy atom. The van der Waals surface area contributed by atoms with Gasteiger partial charge in [-0.2, -0.15) is 0 Å². The van der Waals surface area contributed by atoms with E-state index in [1.54, 1.807) is 6.92 Å². The van der Waals surface area contributed by atoms with Crippen LogP contribution in [-0.4, -0.2) is 86.6 Å². The lowest BCUT2D eigenvalue weighted by atomic mass is 9.57. The van der Waals surface area contributed by atoms with Crippen LogP contribution >= 0.6 is 0 Å². The van der Waals surface area contributed by atoms with Crippen molar-refractivity contribution >= 4 is 5.91 Å². The highest BCUT2D eigenvalue weighted by Crippen LogP contribution is 2.51. The number of piperazine rings is 1.